The van der Waals surface area contributed by atoms with Crippen molar-refractivity contribution in [1.29, 1.82) is 0 Å². The molecule has 0 spiro atoms. The van der Waals surface area contributed by atoms with Crippen molar-refractivity contribution in [1.82, 2.24) is 14.6 Å². The lowest BCUT2D eigenvalue weighted by atomic mass is 9.80. The van der Waals surface area contributed by atoms with E-state index in [1.165, 1.54) is 0 Å². The number of aromatic nitrogens is 1. The van der Waals surface area contributed by atoms with Gasteiger partial charge in [0.25, 0.3) is 0 Å². The third-order valence-electron chi connectivity index (χ3n) is 4.76. The van der Waals surface area contributed by atoms with Gasteiger partial charge in [-0.05, 0) is 30.9 Å². The lowest BCUT2D eigenvalue weighted by Crippen LogP contribution is -2.46. The quantitative estimate of drug-likeness (QED) is 0.340. The van der Waals surface area contributed by atoms with Gasteiger partial charge in [-0.25, -0.2) is 22.9 Å². The summed E-state index contributed by atoms with van der Waals surface area (Å²) >= 11 is 1.57. The molecule has 4 N–H and O–H groups in total. The van der Waals surface area contributed by atoms with E-state index in [9.17, 15) is 26.7 Å². The number of pyridine rings is 1. The second kappa shape index (κ2) is 14.1. The fourth-order valence-corrected chi connectivity index (χ4v) is 3.52. The van der Waals surface area contributed by atoms with Crippen molar-refractivity contribution < 1.29 is 41.4 Å². The van der Waals surface area contributed by atoms with Crippen LogP contribution < -0.4 is 15.8 Å². The maximum Gasteiger partial charge on any atom is 0.490 e. The third-order valence-corrected chi connectivity index (χ3v) is 5.84. The van der Waals surface area contributed by atoms with Gasteiger partial charge in [0.15, 0.2) is 0 Å². The molecular formula is C20H27F5N4O4S. The summed E-state index contributed by atoms with van der Waals surface area (Å²) in [6.45, 7) is 3.13. The van der Waals surface area contributed by atoms with Crippen molar-refractivity contribution in [3.8, 4) is 5.88 Å². The highest BCUT2D eigenvalue weighted by molar-refractivity contribution is 7.97. The van der Waals surface area contributed by atoms with Gasteiger partial charge in [-0.2, -0.15) is 13.2 Å². The van der Waals surface area contributed by atoms with Crippen LogP contribution in [0.25, 0.3) is 0 Å². The summed E-state index contributed by atoms with van der Waals surface area (Å²) in [6, 6.07) is 3.61. The minimum Gasteiger partial charge on any atom is -0.475 e. The Kier molecular flexibility index (Phi) is 12.2. The zero-order valence-electron chi connectivity index (χ0n) is 18.4. The number of carboxylic acids is 1. The lowest BCUT2D eigenvalue weighted by molar-refractivity contribution is -0.192. The van der Waals surface area contributed by atoms with Crippen LogP contribution in [0.4, 0.5) is 22.0 Å². The van der Waals surface area contributed by atoms with Crippen LogP contribution >= 0.6 is 11.9 Å². The van der Waals surface area contributed by atoms with Crippen LogP contribution in [0.1, 0.15) is 19.8 Å². The highest BCUT2D eigenvalue weighted by atomic mass is 32.2. The first-order valence-electron chi connectivity index (χ1n) is 10.1. The molecular weight excluding hydrogens is 487 g/mol. The second-order valence-electron chi connectivity index (χ2n) is 7.42. The summed E-state index contributed by atoms with van der Waals surface area (Å²) in [5, 5.41) is 9.77. The first-order valence-corrected chi connectivity index (χ1v) is 10.9. The van der Waals surface area contributed by atoms with Gasteiger partial charge in [-0.15, -0.1) is 0 Å². The number of carbonyl (C=O) groups excluding carboxylic acids is 1. The van der Waals surface area contributed by atoms with E-state index in [1.807, 2.05) is 13.0 Å². The van der Waals surface area contributed by atoms with E-state index in [2.05, 4.69) is 14.6 Å². The van der Waals surface area contributed by atoms with Crippen molar-refractivity contribution in [3.63, 3.8) is 0 Å². The second-order valence-corrected chi connectivity index (χ2v) is 8.59. The smallest absolute Gasteiger partial charge is 0.475 e. The summed E-state index contributed by atoms with van der Waals surface area (Å²) in [7, 11) is 0. The summed E-state index contributed by atoms with van der Waals surface area (Å²) in [5.41, 5.74) is 5.29. The van der Waals surface area contributed by atoms with Crippen molar-refractivity contribution in [2.24, 2.45) is 11.1 Å². The number of rotatable bonds is 9. The number of carboxylic acid groups (broad SMARTS) is 1. The van der Waals surface area contributed by atoms with Crippen LogP contribution in [0.5, 0.6) is 5.88 Å². The molecule has 14 heteroatoms. The summed E-state index contributed by atoms with van der Waals surface area (Å²) in [6.07, 6.45) is -1.51. The minimum absolute atomic E-state index is 0.0703. The molecule has 1 aromatic rings. The fourth-order valence-electron chi connectivity index (χ4n) is 2.63. The molecule has 0 unspecified atom stereocenters. The fraction of sp³-hybridized carbons (Fsp3) is 0.550. The molecule has 8 nitrogen and oxygen atoms in total. The predicted octanol–water partition coefficient (Wildman–Crippen LogP) is 3.10. The maximum absolute atomic E-state index is 12.5. The van der Waals surface area contributed by atoms with E-state index in [4.69, 9.17) is 20.4 Å². The van der Waals surface area contributed by atoms with Crippen LogP contribution in [-0.4, -0.2) is 71.9 Å². The largest absolute Gasteiger partial charge is 0.490 e. The predicted molar refractivity (Wildman–Crippen MR) is 115 cm³/mol. The first-order chi connectivity index (χ1) is 15.9. The molecule has 0 aliphatic carbocycles. The first kappa shape index (κ1) is 29.6. The number of hydrogen-bond donors (Lipinski definition) is 3. The van der Waals surface area contributed by atoms with Gasteiger partial charge in [-0.3, -0.25) is 4.79 Å². The number of piperidine rings is 1. The van der Waals surface area contributed by atoms with Crippen molar-refractivity contribution in [2.45, 2.75) is 30.8 Å². The van der Waals surface area contributed by atoms with E-state index < -0.39 is 24.2 Å². The molecule has 1 aliphatic rings. The van der Waals surface area contributed by atoms with E-state index in [0.717, 1.165) is 18.0 Å². The maximum atomic E-state index is 12.5. The molecule has 0 radical (unpaired) electrons. The van der Waals surface area contributed by atoms with Gasteiger partial charge in [-0.1, -0.05) is 6.92 Å². The molecule has 2 heterocycles. The molecule has 1 saturated heterocycles. The van der Waals surface area contributed by atoms with Gasteiger partial charge < -0.3 is 20.9 Å². The molecule has 2 rings (SSSR count). The molecule has 0 aromatic carbocycles. The van der Waals surface area contributed by atoms with Crippen molar-refractivity contribution in [3.05, 3.63) is 30.2 Å². The number of amides is 1. The van der Waals surface area contributed by atoms with Gasteiger partial charge in [0.2, 0.25) is 11.8 Å². The number of halogens is 5. The summed E-state index contributed by atoms with van der Waals surface area (Å²) in [5.74, 6) is -2.43. The zero-order valence-corrected chi connectivity index (χ0v) is 19.2. The van der Waals surface area contributed by atoms with Crippen molar-refractivity contribution >= 4 is 23.8 Å². The Labute approximate surface area is 197 Å². The Hall–Kier alpha value is -2.45. The molecule has 0 saturated carbocycles. The number of hydrogen-bond acceptors (Lipinski definition) is 7. The SMILES string of the molecule is CC1(C(=O)NCCF)CCN(Sc2ccc(OC/C(=C\F)CN)nc2)CC1.O=C(O)C(F)(F)F. The molecule has 1 amide bonds. The topological polar surface area (TPSA) is 118 Å². The number of alkyl halides is 4. The Morgan fingerprint density at radius 2 is 1.97 bits per heavy atom. The molecule has 1 fully saturated rings. The van der Waals surface area contributed by atoms with Crippen LogP contribution in [0.3, 0.4) is 0 Å². The molecule has 192 valence electrons. The van der Waals surface area contributed by atoms with E-state index in [1.54, 1.807) is 24.2 Å². The van der Waals surface area contributed by atoms with Gasteiger partial charge in [0.05, 0.1) is 6.33 Å². The van der Waals surface area contributed by atoms with Crippen molar-refractivity contribution in [2.75, 3.05) is 39.5 Å². The number of nitrogens with one attached hydrogen (secondary N) is 1. The Balaban J connectivity index is 0.000000718. The monoisotopic (exact) mass is 514 g/mol. The van der Waals surface area contributed by atoms with E-state index in [0.29, 0.717) is 30.6 Å². The number of nitrogens with zero attached hydrogens (tertiary/aromatic N) is 2. The van der Waals surface area contributed by atoms with Gasteiger partial charge in [0.1, 0.15) is 13.3 Å². The molecule has 1 aromatic heterocycles. The molecule has 0 atom stereocenters. The highest BCUT2D eigenvalue weighted by Gasteiger charge is 2.38. The van der Waals surface area contributed by atoms with Crippen LogP contribution in [0, 0.1) is 5.41 Å². The van der Waals surface area contributed by atoms with Crippen LogP contribution in [0.2, 0.25) is 0 Å². The normalized spacial score (nSPS) is 16.3. The van der Waals surface area contributed by atoms with Crippen LogP contribution in [0.15, 0.2) is 35.1 Å². The number of carbonyl (C=O) groups is 2. The van der Waals surface area contributed by atoms with Gasteiger partial charge in [0, 0.05) is 54.3 Å². The zero-order chi connectivity index (χ0) is 25.8. The summed E-state index contributed by atoms with van der Waals surface area (Å²) in [4.78, 5) is 26.2. The van der Waals surface area contributed by atoms with E-state index >= 15 is 0 Å². The van der Waals surface area contributed by atoms with E-state index in [-0.39, 0.29) is 25.6 Å². The van der Waals surface area contributed by atoms with Crippen LogP contribution in [-0.2, 0) is 9.59 Å². The Morgan fingerprint density at radius 3 is 2.41 bits per heavy atom. The number of ether oxygens (including phenoxy) is 1. The molecule has 1 aliphatic heterocycles. The lowest BCUT2D eigenvalue weighted by Gasteiger charge is -2.37. The molecule has 34 heavy (non-hydrogen) atoms. The Bertz CT molecular complexity index is 816. The Morgan fingerprint density at radius 1 is 1.35 bits per heavy atom. The third kappa shape index (κ3) is 10.2. The minimum atomic E-state index is -5.08. The highest BCUT2D eigenvalue weighted by Crippen LogP contribution is 2.35. The number of aliphatic carboxylic acids is 1. The average molecular weight is 515 g/mol. The summed E-state index contributed by atoms with van der Waals surface area (Å²) < 4.78 is 64.0. The van der Waals surface area contributed by atoms with Gasteiger partial charge >= 0.3 is 12.1 Å². The average Bonchev–Trinajstić information content (AvgIpc) is 2.80. The number of nitrogens with two attached hydrogens (primary N) is 1. The standard InChI is InChI=1S/C18H26F2N4O2S.C2HF3O2/c1-18(17(25)22-7-6-19)4-8-24(9-5-18)27-15-2-3-16(23-12-15)26-13-14(10-20)11-21;3-2(4,5)1(6)7/h2-3,10,12H,4-9,11,13,21H2,1H3,(H,22,25);(H,6,7)/b14-10-;. The molecule has 0 bridgehead atoms.